The van der Waals surface area contributed by atoms with E-state index in [-0.39, 0.29) is 0 Å². The summed E-state index contributed by atoms with van der Waals surface area (Å²) in [4.78, 5) is 0. The number of benzene rings is 3. The van der Waals surface area contributed by atoms with E-state index >= 15 is 0 Å². The molecule has 0 aliphatic heterocycles. The van der Waals surface area contributed by atoms with Crippen LogP contribution >= 0.6 is 0 Å². The molecule has 150 valence electrons. The second-order valence-corrected chi connectivity index (χ2v) is 9.21. The Morgan fingerprint density at radius 3 is 2.00 bits per heavy atom. The van der Waals surface area contributed by atoms with Gasteiger partial charge >= 0.3 is 0 Å². The van der Waals surface area contributed by atoms with Crippen LogP contribution in [0, 0.1) is 19.8 Å². The second-order valence-electron chi connectivity index (χ2n) is 9.21. The molecule has 1 saturated carbocycles. The molecule has 1 aliphatic rings. The van der Waals surface area contributed by atoms with Crippen LogP contribution in [0.2, 0.25) is 0 Å². The van der Waals surface area contributed by atoms with Gasteiger partial charge in [-0.2, -0.15) is 0 Å². The van der Waals surface area contributed by atoms with Crippen molar-refractivity contribution >= 4 is 0 Å². The minimum absolute atomic E-state index is 0.789. The Bertz CT molecular complexity index is 923. The third-order valence-electron chi connectivity index (χ3n) is 6.88. The Kier molecular flexibility index (Phi) is 6.19. The first-order chi connectivity index (χ1) is 14.1. The normalized spacial score (nSPS) is 19.3. The zero-order chi connectivity index (χ0) is 20.2. The van der Waals surface area contributed by atoms with Crippen molar-refractivity contribution in [2.45, 2.75) is 65.2 Å². The maximum atomic E-state index is 2.40. The molecule has 0 heteroatoms. The summed E-state index contributed by atoms with van der Waals surface area (Å²) in [6.45, 7) is 6.79. The lowest BCUT2D eigenvalue weighted by Gasteiger charge is -2.26. The van der Waals surface area contributed by atoms with Crippen LogP contribution in [0.5, 0.6) is 0 Å². The van der Waals surface area contributed by atoms with Crippen LogP contribution in [-0.4, -0.2) is 0 Å². The van der Waals surface area contributed by atoms with E-state index in [1.807, 2.05) is 0 Å². The van der Waals surface area contributed by atoms with Gasteiger partial charge in [0.1, 0.15) is 0 Å². The van der Waals surface area contributed by atoms with Crippen molar-refractivity contribution in [3.8, 4) is 11.1 Å². The Morgan fingerprint density at radius 2 is 1.34 bits per heavy atom. The molecule has 0 N–H and O–H groups in total. The van der Waals surface area contributed by atoms with Crippen LogP contribution in [0.3, 0.4) is 0 Å². The summed E-state index contributed by atoms with van der Waals surface area (Å²) in [6, 6.07) is 25.3. The average Bonchev–Trinajstić information content (AvgIpc) is 2.74. The van der Waals surface area contributed by atoms with Gasteiger partial charge < -0.3 is 0 Å². The van der Waals surface area contributed by atoms with Gasteiger partial charge in [0, 0.05) is 0 Å². The van der Waals surface area contributed by atoms with Crippen molar-refractivity contribution in [3.63, 3.8) is 0 Å². The molecule has 0 nitrogen and oxygen atoms in total. The maximum absolute atomic E-state index is 2.40. The Morgan fingerprint density at radius 1 is 0.690 bits per heavy atom. The molecule has 1 aliphatic carbocycles. The van der Waals surface area contributed by atoms with Crippen molar-refractivity contribution in [2.75, 3.05) is 0 Å². The molecular formula is C29H34. The van der Waals surface area contributed by atoms with Crippen LogP contribution in [0.1, 0.15) is 66.3 Å². The summed E-state index contributed by atoms with van der Waals surface area (Å²) in [7, 11) is 0. The van der Waals surface area contributed by atoms with Gasteiger partial charge in [0.2, 0.25) is 0 Å². The highest BCUT2D eigenvalue weighted by molar-refractivity contribution is 5.65. The standard InChI is InChI=1S/C29H34/c1-21-4-11-26(12-5-21)27-16-9-24(10-17-27)8-15-25-18-19-29(20-23(25)3)28-13-6-22(2)7-14-28/h6-7,9-10,13-14,16-21,26H,4-5,8,11-12,15H2,1-3H3. The van der Waals surface area contributed by atoms with E-state index in [1.54, 1.807) is 5.56 Å². The lowest BCUT2D eigenvalue weighted by Crippen LogP contribution is -2.10. The summed E-state index contributed by atoms with van der Waals surface area (Å²) in [5.41, 5.74) is 9.81. The SMILES string of the molecule is Cc1ccc(-c2ccc(CCc3ccc(C4CCC(C)CC4)cc3)c(C)c2)cc1. The molecule has 0 atom stereocenters. The van der Waals surface area contributed by atoms with Crippen LogP contribution in [0.4, 0.5) is 0 Å². The monoisotopic (exact) mass is 382 g/mol. The van der Waals surface area contributed by atoms with E-state index in [0.29, 0.717) is 0 Å². The molecule has 0 amide bonds. The van der Waals surface area contributed by atoms with E-state index in [4.69, 9.17) is 0 Å². The molecule has 0 bridgehead atoms. The van der Waals surface area contributed by atoms with Crippen molar-refractivity contribution in [1.82, 2.24) is 0 Å². The maximum Gasteiger partial charge on any atom is -0.0162 e. The van der Waals surface area contributed by atoms with Gasteiger partial charge in [-0.25, -0.2) is 0 Å². The summed E-state index contributed by atoms with van der Waals surface area (Å²) in [5.74, 6) is 1.71. The molecule has 3 aromatic rings. The van der Waals surface area contributed by atoms with Crippen molar-refractivity contribution in [2.24, 2.45) is 5.92 Å². The first-order valence-corrected chi connectivity index (χ1v) is 11.3. The van der Waals surface area contributed by atoms with Gasteiger partial charge in [-0.1, -0.05) is 92.1 Å². The molecule has 4 rings (SSSR count). The van der Waals surface area contributed by atoms with Crippen LogP contribution in [0.25, 0.3) is 11.1 Å². The summed E-state index contributed by atoms with van der Waals surface area (Å²) >= 11 is 0. The summed E-state index contributed by atoms with van der Waals surface area (Å²) in [5, 5.41) is 0. The molecule has 0 aromatic heterocycles. The van der Waals surface area contributed by atoms with Gasteiger partial charge in [-0.3, -0.25) is 0 Å². The fourth-order valence-corrected chi connectivity index (χ4v) is 4.73. The minimum Gasteiger partial charge on any atom is -0.0625 e. The topological polar surface area (TPSA) is 0 Å². The number of rotatable bonds is 5. The smallest absolute Gasteiger partial charge is 0.0162 e. The van der Waals surface area contributed by atoms with E-state index in [0.717, 1.165) is 24.7 Å². The van der Waals surface area contributed by atoms with Gasteiger partial charge in [-0.15, -0.1) is 0 Å². The molecule has 0 unspecified atom stereocenters. The molecule has 0 spiro atoms. The number of hydrogen-bond donors (Lipinski definition) is 0. The van der Waals surface area contributed by atoms with Crippen LogP contribution in [0.15, 0.2) is 66.7 Å². The lowest BCUT2D eigenvalue weighted by atomic mass is 9.79. The van der Waals surface area contributed by atoms with Crippen molar-refractivity contribution < 1.29 is 0 Å². The predicted molar refractivity (Wildman–Crippen MR) is 126 cm³/mol. The van der Waals surface area contributed by atoms with Gasteiger partial charge in [-0.05, 0) is 84.7 Å². The molecule has 0 saturated heterocycles. The zero-order valence-corrected chi connectivity index (χ0v) is 18.2. The van der Waals surface area contributed by atoms with E-state index in [1.165, 1.54) is 59.1 Å². The number of hydrogen-bond acceptors (Lipinski definition) is 0. The highest BCUT2D eigenvalue weighted by atomic mass is 14.2. The fourth-order valence-electron chi connectivity index (χ4n) is 4.73. The predicted octanol–water partition coefficient (Wildman–Crippen LogP) is 8.05. The van der Waals surface area contributed by atoms with Gasteiger partial charge in [0.05, 0.1) is 0 Å². The quantitative estimate of drug-likeness (QED) is 0.419. The molecular weight excluding hydrogens is 348 g/mol. The van der Waals surface area contributed by atoms with E-state index in [9.17, 15) is 0 Å². The fraction of sp³-hybridized carbons (Fsp3) is 0.379. The Balaban J connectivity index is 1.38. The summed E-state index contributed by atoms with van der Waals surface area (Å²) in [6.07, 6.45) is 7.75. The van der Waals surface area contributed by atoms with Crippen LogP contribution < -0.4 is 0 Å². The average molecular weight is 383 g/mol. The largest absolute Gasteiger partial charge is 0.0625 e. The first-order valence-electron chi connectivity index (χ1n) is 11.3. The Hall–Kier alpha value is -2.34. The number of aryl methyl sites for hydroxylation is 4. The lowest BCUT2D eigenvalue weighted by molar-refractivity contribution is 0.348. The molecule has 1 fully saturated rings. The first kappa shape index (κ1) is 20.0. The third kappa shape index (κ3) is 4.99. The zero-order valence-electron chi connectivity index (χ0n) is 18.2. The summed E-state index contributed by atoms with van der Waals surface area (Å²) < 4.78 is 0. The van der Waals surface area contributed by atoms with Crippen molar-refractivity contribution in [1.29, 1.82) is 0 Å². The Labute approximate surface area is 177 Å². The van der Waals surface area contributed by atoms with Gasteiger partial charge in [0.25, 0.3) is 0 Å². The highest BCUT2D eigenvalue weighted by Crippen LogP contribution is 2.35. The van der Waals surface area contributed by atoms with Crippen LogP contribution in [-0.2, 0) is 12.8 Å². The molecule has 0 heterocycles. The van der Waals surface area contributed by atoms with Crippen molar-refractivity contribution in [3.05, 3.63) is 94.5 Å². The third-order valence-corrected chi connectivity index (χ3v) is 6.88. The molecule has 29 heavy (non-hydrogen) atoms. The molecule has 3 aromatic carbocycles. The highest BCUT2D eigenvalue weighted by Gasteiger charge is 2.19. The van der Waals surface area contributed by atoms with E-state index in [2.05, 4.69) is 87.5 Å². The molecule has 0 radical (unpaired) electrons. The van der Waals surface area contributed by atoms with E-state index < -0.39 is 0 Å². The van der Waals surface area contributed by atoms with Gasteiger partial charge in [0.15, 0.2) is 0 Å². The second kappa shape index (κ2) is 8.99. The minimum atomic E-state index is 0.789.